The number of benzene rings is 8. The number of rotatable bonds is 8. The largest absolute Gasteiger partial charge is 0.311 e. The van der Waals surface area contributed by atoms with Gasteiger partial charge in [-0.15, -0.1) is 0 Å². The van der Waals surface area contributed by atoms with Crippen LogP contribution >= 0.6 is 0 Å². The Hall–Kier alpha value is -8.79. The van der Waals surface area contributed by atoms with E-state index in [9.17, 15) is 0 Å². The van der Waals surface area contributed by atoms with E-state index in [1.807, 2.05) is 26.0 Å². The van der Waals surface area contributed by atoms with Gasteiger partial charge in [-0.1, -0.05) is 196 Å². The summed E-state index contributed by atoms with van der Waals surface area (Å²) < 4.78 is 2.37. The van der Waals surface area contributed by atoms with Gasteiger partial charge in [-0.05, 0) is 175 Å². The third-order valence-corrected chi connectivity index (χ3v) is 16.1. The Morgan fingerprint density at radius 2 is 1.21 bits per heavy atom. The van der Waals surface area contributed by atoms with Gasteiger partial charge in [-0.3, -0.25) is 0 Å². The second-order valence-corrected chi connectivity index (χ2v) is 20.4. The molecule has 5 aliphatic rings. The monoisotopic (exact) mass is 996 g/mol. The smallest absolute Gasteiger partial charge is 0.0744 e. The fourth-order valence-electron chi connectivity index (χ4n) is 12.7. The second kappa shape index (κ2) is 21.1. The lowest BCUT2D eigenvalue weighted by Gasteiger charge is -2.35. The van der Waals surface area contributed by atoms with Crippen molar-refractivity contribution in [1.82, 2.24) is 4.57 Å². The van der Waals surface area contributed by atoms with Crippen molar-refractivity contribution in [3.05, 3.63) is 299 Å². The Kier molecular flexibility index (Phi) is 13.4. The van der Waals surface area contributed by atoms with Crippen molar-refractivity contribution in [3.8, 4) is 27.9 Å². The van der Waals surface area contributed by atoms with E-state index in [0.717, 1.165) is 66.6 Å². The minimum Gasteiger partial charge on any atom is -0.311 e. The van der Waals surface area contributed by atoms with Crippen LogP contribution in [0.2, 0.25) is 0 Å². The van der Waals surface area contributed by atoms with Crippen LogP contribution in [0.4, 0.5) is 17.1 Å². The quantitative estimate of drug-likeness (QED) is 0.139. The summed E-state index contributed by atoms with van der Waals surface area (Å²) in [4.78, 5) is 7.56. The molecule has 1 aromatic heterocycles. The molecule has 0 amide bonds. The van der Waals surface area contributed by atoms with Crippen LogP contribution in [0.15, 0.2) is 276 Å². The summed E-state index contributed by atoms with van der Waals surface area (Å²) >= 11 is 0. The summed E-state index contributed by atoms with van der Waals surface area (Å²) in [6.07, 6.45) is 25.0. The number of nitrogens with zero attached hydrogens (tertiary/aromatic N) is 3. The zero-order chi connectivity index (χ0) is 52.5. The number of hydrogen-bond donors (Lipinski definition) is 0. The van der Waals surface area contributed by atoms with Gasteiger partial charge in [0.15, 0.2) is 0 Å². The molecule has 1 atom stereocenters. The Morgan fingerprint density at radius 3 is 1.94 bits per heavy atom. The van der Waals surface area contributed by atoms with Crippen LogP contribution in [-0.4, -0.2) is 10.3 Å². The number of aliphatic imine (C=N–C) groups is 1. The molecular weight excluding hydrogens is 931 g/mol. The van der Waals surface area contributed by atoms with Gasteiger partial charge < -0.3 is 9.47 Å². The molecule has 0 N–H and O–H groups in total. The number of hydrogen-bond acceptors (Lipinski definition) is 2. The first-order valence-corrected chi connectivity index (χ1v) is 27.7. The fraction of sp³-hybridized carbons (Fsp3) is 0.149. The molecule has 3 nitrogen and oxygen atoms in total. The molecule has 0 saturated heterocycles. The third-order valence-electron chi connectivity index (χ3n) is 16.1. The molecule has 0 saturated carbocycles. The van der Waals surface area contributed by atoms with E-state index in [4.69, 9.17) is 4.99 Å². The number of aryl methyl sites for hydroxylation is 2. The van der Waals surface area contributed by atoms with Gasteiger partial charge >= 0.3 is 0 Å². The Bertz CT molecular complexity index is 3910. The molecule has 9 aromatic rings. The maximum Gasteiger partial charge on any atom is 0.0744 e. The maximum absolute atomic E-state index is 5.21. The second-order valence-electron chi connectivity index (χ2n) is 20.4. The van der Waals surface area contributed by atoms with Gasteiger partial charge in [0, 0.05) is 44.7 Å². The molecule has 0 radical (unpaired) electrons. The summed E-state index contributed by atoms with van der Waals surface area (Å²) in [6, 6.07) is 68.2. The van der Waals surface area contributed by atoms with E-state index < -0.39 is 0 Å². The normalized spacial score (nSPS) is 16.8. The van der Waals surface area contributed by atoms with Crippen molar-refractivity contribution in [2.75, 3.05) is 4.90 Å². The summed E-state index contributed by atoms with van der Waals surface area (Å²) in [5.74, 6) is 0. The molecule has 14 rings (SSSR count). The lowest BCUT2D eigenvalue weighted by molar-refractivity contribution is 0.701. The zero-order valence-electron chi connectivity index (χ0n) is 44.8. The topological polar surface area (TPSA) is 20.5 Å². The number of allylic oxidation sites excluding steroid dienone is 12. The number of anilines is 2. The SMILES string of the molecule is C=CC(=Nc1c(C)cccc1-c1ccc2c(c1)-c1ccccc1C21C2=C(CCC=C2)C2=C1CCC=C2)c1ccccc1.CC.Cc1ccc(N(C2=CCCC=C2)c2ccc(-n3c4ccccc4c4ccccc43)cc2)cc1. The number of para-hydroxylation sites is 3. The molecule has 1 unspecified atom stereocenters. The average molecular weight is 996 g/mol. The predicted molar refractivity (Wildman–Crippen MR) is 328 cm³/mol. The first kappa shape index (κ1) is 49.1. The minimum atomic E-state index is -0.187. The van der Waals surface area contributed by atoms with Crippen LogP contribution in [0.25, 0.3) is 49.7 Å². The van der Waals surface area contributed by atoms with Gasteiger partial charge in [-0.2, -0.15) is 0 Å². The van der Waals surface area contributed by atoms with Crippen molar-refractivity contribution < 1.29 is 0 Å². The molecule has 376 valence electrons. The van der Waals surface area contributed by atoms with Crippen LogP contribution in [-0.2, 0) is 5.41 Å². The fourth-order valence-corrected chi connectivity index (χ4v) is 12.7. The number of aromatic nitrogens is 1. The van der Waals surface area contributed by atoms with Crippen molar-refractivity contribution in [2.45, 2.75) is 71.6 Å². The van der Waals surface area contributed by atoms with Gasteiger partial charge in [0.05, 0.1) is 27.8 Å². The highest BCUT2D eigenvalue weighted by molar-refractivity contribution is 6.11. The summed E-state index contributed by atoms with van der Waals surface area (Å²) in [7, 11) is 0. The van der Waals surface area contributed by atoms with Crippen molar-refractivity contribution >= 4 is 44.6 Å². The van der Waals surface area contributed by atoms with Gasteiger partial charge in [-0.25, -0.2) is 4.99 Å². The first-order valence-electron chi connectivity index (χ1n) is 27.7. The molecule has 8 aromatic carbocycles. The minimum absolute atomic E-state index is 0.187. The molecule has 0 aliphatic heterocycles. The predicted octanol–water partition coefficient (Wildman–Crippen LogP) is 20.0. The van der Waals surface area contributed by atoms with E-state index in [-0.39, 0.29) is 5.41 Å². The lowest BCUT2D eigenvalue weighted by Crippen LogP contribution is -2.28. The molecule has 1 spiro atoms. The van der Waals surface area contributed by atoms with Crippen molar-refractivity contribution in [2.24, 2.45) is 4.99 Å². The highest BCUT2D eigenvalue weighted by Crippen LogP contribution is 2.64. The molecule has 0 bridgehead atoms. The van der Waals surface area contributed by atoms with E-state index in [2.05, 4.69) is 254 Å². The van der Waals surface area contributed by atoms with Crippen LogP contribution in [0.1, 0.15) is 80.2 Å². The molecule has 5 aliphatic carbocycles. The molecule has 1 heterocycles. The Morgan fingerprint density at radius 1 is 0.571 bits per heavy atom. The lowest BCUT2D eigenvalue weighted by atomic mass is 9.66. The van der Waals surface area contributed by atoms with Crippen LogP contribution < -0.4 is 4.90 Å². The van der Waals surface area contributed by atoms with Gasteiger partial charge in [0.1, 0.15) is 0 Å². The van der Waals surface area contributed by atoms with Crippen LogP contribution in [0, 0.1) is 13.8 Å². The number of fused-ring (bicyclic) bond motifs is 11. The molecule has 77 heavy (non-hydrogen) atoms. The van der Waals surface area contributed by atoms with Gasteiger partial charge in [0.2, 0.25) is 0 Å². The Labute approximate surface area is 455 Å². The first-order chi connectivity index (χ1) is 38.0. The van der Waals surface area contributed by atoms with E-state index in [0.29, 0.717) is 0 Å². The molecule has 0 fully saturated rings. The van der Waals surface area contributed by atoms with E-state index in [1.165, 1.54) is 89.1 Å². The summed E-state index contributed by atoms with van der Waals surface area (Å²) in [6.45, 7) is 12.4. The van der Waals surface area contributed by atoms with Crippen molar-refractivity contribution in [3.63, 3.8) is 0 Å². The highest BCUT2D eigenvalue weighted by atomic mass is 15.1. The maximum atomic E-state index is 5.21. The van der Waals surface area contributed by atoms with E-state index in [1.54, 1.807) is 11.1 Å². The standard InChI is InChI=1S/C41H33N.C31H26N2.C2H6/c1-3-39(28-15-5-4-6-16-28)42-40-27(2)14-13-20-30(40)29-24-25-38-34(26-29)33-19-9-12-23-37(33)41(38)35-21-10-7-17-31(35)32-18-8-11-22-36(32)41;1-23-15-17-25(18-16-23)32(24-9-3-2-4-10-24)26-19-21-27(22-20-26)33-30-13-7-5-11-28(30)29-12-6-8-14-31(29)33;1-2/h3-7,9,11-17,19-20,22-26H,1,8,10,18,21H2,2H3;3,5-22H,2,4H2,1H3;1-2H3. The van der Waals surface area contributed by atoms with Gasteiger partial charge in [0.25, 0.3) is 0 Å². The van der Waals surface area contributed by atoms with Crippen LogP contribution in [0.5, 0.6) is 0 Å². The van der Waals surface area contributed by atoms with Crippen molar-refractivity contribution in [1.29, 1.82) is 0 Å². The highest BCUT2D eigenvalue weighted by Gasteiger charge is 2.53. The molecular formula is C74H65N3. The third kappa shape index (κ3) is 8.51. The van der Waals surface area contributed by atoms with Crippen LogP contribution in [0.3, 0.4) is 0 Å². The molecule has 3 heteroatoms. The zero-order valence-corrected chi connectivity index (χ0v) is 44.8. The Balaban J connectivity index is 0.000000154. The summed E-state index contributed by atoms with van der Waals surface area (Å²) in [5, 5.41) is 2.58. The summed E-state index contributed by atoms with van der Waals surface area (Å²) in [5.41, 5.74) is 26.5. The van der Waals surface area contributed by atoms with E-state index >= 15 is 0 Å². The average Bonchev–Trinajstić information content (AvgIpc) is 4.33.